The highest BCUT2D eigenvalue weighted by Gasteiger charge is 2.38. The van der Waals surface area contributed by atoms with E-state index in [4.69, 9.17) is 0 Å². The fourth-order valence-corrected chi connectivity index (χ4v) is 4.56. The van der Waals surface area contributed by atoms with Crippen LogP contribution in [0.3, 0.4) is 0 Å². The fraction of sp³-hybridized carbons (Fsp3) is 0.350. The molecule has 1 aromatic heterocycles. The number of benzene rings is 1. The lowest BCUT2D eigenvalue weighted by Crippen LogP contribution is -2.28. The van der Waals surface area contributed by atoms with Crippen LogP contribution in [0.15, 0.2) is 47.9 Å². The van der Waals surface area contributed by atoms with Gasteiger partial charge in [0.2, 0.25) is 5.91 Å². The molecule has 0 saturated carbocycles. The molecule has 124 valence electrons. The number of nitrogens with one attached hydrogen (secondary N) is 2. The van der Waals surface area contributed by atoms with Crippen molar-refractivity contribution in [2.24, 2.45) is 11.8 Å². The van der Waals surface area contributed by atoms with E-state index < -0.39 is 0 Å². The summed E-state index contributed by atoms with van der Waals surface area (Å²) >= 11 is 1.82. The average Bonchev–Trinajstić information content (AvgIpc) is 3.26. The van der Waals surface area contributed by atoms with E-state index >= 15 is 0 Å². The van der Waals surface area contributed by atoms with Gasteiger partial charge in [-0.15, -0.1) is 11.3 Å². The number of hydrogen-bond donors (Lipinski definition) is 2. The second-order valence-corrected chi connectivity index (χ2v) is 7.92. The monoisotopic (exact) mass is 338 g/mol. The van der Waals surface area contributed by atoms with E-state index in [2.05, 4.69) is 52.4 Å². The van der Waals surface area contributed by atoms with Crippen molar-refractivity contribution in [3.05, 3.63) is 58.3 Å². The molecule has 0 saturated heterocycles. The minimum atomic E-state index is -0.0125. The van der Waals surface area contributed by atoms with Gasteiger partial charge in [0, 0.05) is 28.1 Å². The first-order chi connectivity index (χ1) is 11.6. The van der Waals surface area contributed by atoms with E-state index in [-0.39, 0.29) is 11.8 Å². The molecule has 2 N–H and O–H groups in total. The summed E-state index contributed by atoms with van der Waals surface area (Å²) in [6.45, 7) is 3.83. The van der Waals surface area contributed by atoms with E-state index in [0.717, 1.165) is 12.1 Å². The predicted molar refractivity (Wildman–Crippen MR) is 101 cm³/mol. The minimum Gasteiger partial charge on any atom is -0.377 e. The number of carbonyl (C=O) groups is 1. The van der Waals surface area contributed by atoms with Gasteiger partial charge >= 0.3 is 0 Å². The van der Waals surface area contributed by atoms with Crippen molar-refractivity contribution in [1.29, 1.82) is 0 Å². The van der Waals surface area contributed by atoms with Crippen molar-refractivity contribution in [2.75, 3.05) is 10.6 Å². The highest BCUT2D eigenvalue weighted by atomic mass is 32.1. The Balaban J connectivity index is 1.67. The van der Waals surface area contributed by atoms with E-state index in [0.29, 0.717) is 17.9 Å². The van der Waals surface area contributed by atoms with E-state index in [1.165, 1.54) is 16.1 Å². The molecule has 0 spiro atoms. The molecule has 3 unspecified atom stereocenters. The molecule has 3 atom stereocenters. The molecular formula is C20H22N2OS. The van der Waals surface area contributed by atoms with Crippen molar-refractivity contribution in [3.8, 4) is 0 Å². The van der Waals surface area contributed by atoms with Crippen LogP contribution in [0.5, 0.6) is 0 Å². The van der Waals surface area contributed by atoms with Gasteiger partial charge in [-0.3, -0.25) is 4.79 Å². The van der Waals surface area contributed by atoms with Crippen molar-refractivity contribution in [2.45, 2.75) is 32.2 Å². The molecule has 2 aliphatic rings. The molecule has 4 heteroatoms. The lowest BCUT2D eigenvalue weighted by molar-refractivity contribution is -0.118. The number of fused-ring (bicyclic) bond motifs is 3. The maximum absolute atomic E-state index is 12.0. The third-order valence-corrected chi connectivity index (χ3v) is 5.96. The molecule has 1 amide bonds. The van der Waals surface area contributed by atoms with Crippen molar-refractivity contribution in [1.82, 2.24) is 0 Å². The van der Waals surface area contributed by atoms with E-state index in [1.54, 1.807) is 0 Å². The number of carbonyl (C=O) groups excluding carboxylic acids is 1. The lowest BCUT2D eigenvalue weighted by atomic mass is 9.79. The average molecular weight is 338 g/mol. The van der Waals surface area contributed by atoms with Gasteiger partial charge in [0.25, 0.3) is 0 Å². The molecular weight excluding hydrogens is 316 g/mol. The normalized spacial score (nSPS) is 24.4. The van der Waals surface area contributed by atoms with Crippen LogP contribution in [0.2, 0.25) is 0 Å². The van der Waals surface area contributed by atoms with Crippen LogP contribution in [-0.2, 0) is 4.79 Å². The van der Waals surface area contributed by atoms with Gasteiger partial charge in [0.1, 0.15) is 0 Å². The van der Waals surface area contributed by atoms with Gasteiger partial charge < -0.3 is 10.6 Å². The number of thiophene rings is 1. The van der Waals surface area contributed by atoms with Crippen molar-refractivity contribution in [3.63, 3.8) is 0 Å². The summed E-state index contributed by atoms with van der Waals surface area (Å²) in [6.07, 6.45) is 5.73. The van der Waals surface area contributed by atoms with Gasteiger partial charge in [0.05, 0.1) is 6.04 Å². The summed E-state index contributed by atoms with van der Waals surface area (Å²) in [4.78, 5) is 13.4. The van der Waals surface area contributed by atoms with Gasteiger partial charge in [0.15, 0.2) is 0 Å². The van der Waals surface area contributed by atoms with Crippen LogP contribution in [0.1, 0.15) is 42.7 Å². The molecule has 0 fully saturated rings. The van der Waals surface area contributed by atoms with Gasteiger partial charge in [-0.2, -0.15) is 0 Å². The van der Waals surface area contributed by atoms with Gasteiger partial charge in [-0.1, -0.05) is 32.1 Å². The third-order valence-electron chi connectivity index (χ3n) is 5.00. The number of rotatable bonds is 3. The first kappa shape index (κ1) is 15.5. The van der Waals surface area contributed by atoms with Crippen LogP contribution in [-0.4, -0.2) is 5.91 Å². The van der Waals surface area contributed by atoms with E-state index in [1.807, 2.05) is 31.3 Å². The standard InChI is InChI=1S/C20H22N2OS/c1-12(2)20(23)21-13-8-9-17-16(11-13)14-5-3-6-15(14)19(22-17)18-7-4-10-24-18/h3-5,7-12,14-15,19,22H,6H2,1-2H3,(H,21,23). The fourth-order valence-electron chi connectivity index (χ4n) is 3.71. The largest absolute Gasteiger partial charge is 0.377 e. The molecule has 0 radical (unpaired) electrons. The summed E-state index contributed by atoms with van der Waals surface area (Å²) in [7, 11) is 0. The summed E-state index contributed by atoms with van der Waals surface area (Å²) in [5.74, 6) is 1.02. The summed E-state index contributed by atoms with van der Waals surface area (Å²) in [5.41, 5.74) is 3.37. The first-order valence-corrected chi connectivity index (χ1v) is 9.43. The van der Waals surface area contributed by atoms with Crippen LogP contribution < -0.4 is 10.6 Å². The van der Waals surface area contributed by atoms with Gasteiger partial charge in [-0.25, -0.2) is 0 Å². The second kappa shape index (κ2) is 6.10. The zero-order valence-corrected chi connectivity index (χ0v) is 14.8. The quantitative estimate of drug-likeness (QED) is 0.758. The van der Waals surface area contributed by atoms with Gasteiger partial charge in [-0.05, 0) is 47.5 Å². The number of allylic oxidation sites excluding steroid dienone is 2. The Kier molecular flexibility index (Phi) is 3.93. The maximum Gasteiger partial charge on any atom is 0.226 e. The molecule has 0 bridgehead atoms. The summed E-state index contributed by atoms with van der Waals surface area (Å²) in [6, 6.07) is 11.0. The Hall–Kier alpha value is -2.07. The van der Waals surface area contributed by atoms with Crippen LogP contribution in [0, 0.1) is 11.8 Å². The Morgan fingerprint density at radius 2 is 2.21 bits per heavy atom. The molecule has 24 heavy (non-hydrogen) atoms. The van der Waals surface area contributed by atoms with E-state index in [9.17, 15) is 4.79 Å². The molecule has 2 heterocycles. The van der Waals surface area contributed by atoms with Crippen LogP contribution in [0.25, 0.3) is 0 Å². The smallest absolute Gasteiger partial charge is 0.226 e. The predicted octanol–water partition coefficient (Wildman–Crippen LogP) is 5.17. The zero-order valence-electron chi connectivity index (χ0n) is 14.0. The summed E-state index contributed by atoms with van der Waals surface area (Å²) in [5, 5.41) is 8.90. The molecule has 2 aromatic rings. The second-order valence-electron chi connectivity index (χ2n) is 6.94. The number of anilines is 2. The highest BCUT2D eigenvalue weighted by molar-refractivity contribution is 7.10. The first-order valence-electron chi connectivity index (χ1n) is 8.55. The number of hydrogen-bond acceptors (Lipinski definition) is 3. The van der Waals surface area contributed by atoms with Crippen LogP contribution >= 0.6 is 11.3 Å². The Labute approximate surface area is 146 Å². The SMILES string of the molecule is CC(C)C(=O)Nc1ccc2c(c1)C1C=CCC1C(c1cccs1)N2. The zero-order chi connectivity index (χ0) is 16.7. The van der Waals surface area contributed by atoms with Crippen molar-refractivity contribution < 1.29 is 4.79 Å². The highest BCUT2D eigenvalue weighted by Crippen LogP contribution is 2.50. The lowest BCUT2D eigenvalue weighted by Gasteiger charge is -2.37. The Morgan fingerprint density at radius 1 is 1.33 bits per heavy atom. The topological polar surface area (TPSA) is 41.1 Å². The molecule has 3 nitrogen and oxygen atoms in total. The minimum absolute atomic E-state index is 0.0125. The Bertz CT molecular complexity index is 779. The molecule has 1 aliphatic heterocycles. The summed E-state index contributed by atoms with van der Waals surface area (Å²) < 4.78 is 0. The third kappa shape index (κ3) is 2.65. The molecule has 4 rings (SSSR count). The number of amides is 1. The Morgan fingerprint density at radius 3 is 2.96 bits per heavy atom. The van der Waals surface area contributed by atoms with Crippen LogP contribution in [0.4, 0.5) is 11.4 Å². The molecule has 1 aliphatic carbocycles. The molecule has 1 aromatic carbocycles. The maximum atomic E-state index is 12.0. The van der Waals surface area contributed by atoms with Crippen molar-refractivity contribution >= 4 is 28.6 Å².